The van der Waals surface area contributed by atoms with Crippen molar-refractivity contribution in [2.24, 2.45) is 11.3 Å². The van der Waals surface area contributed by atoms with Crippen LogP contribution in [0.3, 0.4) is 0 Å². The summed E-state index contributed by atoms with van der Waals surface area (Å²) in [6.45, 7) is 14.5. The third-order valence-electron chi connectivity index (χ3n) is 4.29. The molecule has 0 amide bonds. The monoisotopic (exact) mass is 290 g/mol. The lowest BCUT2D eigenvalue weighted by Crippen LogP contribution is -2.60. The smallest absolute Gasteiger partial charge is 0.142 e. The fourth-order valence-corrected chi connectivity index (χ4v) is 3.00. The van der Waals surface area contributed by atoms with Gasteiger partial charge in [0, 0.05) is 37.6 Å². The molecule has 2 heterocycles. The molecule has 0 aromatic carbocycles. The first kappa shape index (κ1) is 16.4. The van der Waals surface area contributed by atoms with Crippen molar-refractivity contribution in [3.63, 3.8) is 0 Å². The summed E-state index contributed by atoms with van der Waals surface area (Å²) in [5.41, 5.74) is 0.276. The van der Waals surface area contributed by atoms with Gasteiger partial charge >= 0.3 is 0 Å². The van der Waals surface area contributed by atoms with Crippen LogP contribution in [0, 0.1) is 11.3 Å². The summed E-state index contributed by atoms with van der Waals surface area (Å²) < 4.78 is 0. The highest BCUT2D eigenvalue weighted by Crippen LogP contribution is 2.26. The molecule has 0 radical (unpaired) electrons. The van der Waals surface area contributed by atoms with Crippen molar-refractivity contribution in [3.05, 3.63) is 24.3 Å². The number of nitrogens with one attached hydrogen (secondary N) is 1. The van der Waals surface area contributed by atoms with Gasteiger partial charge < -0.3 is 5.32 Å². The predicted octanol–water partition coefficient (Wildman–Crippen LogP) is 2.71. The summed E-state index contributed by atoms with van der Waals surface area (Å²) in [5.74, 6) is 1.64. The molecule has 4 heteroatoms. The van der Waals surface area contributed by atoms with Gasteiger partial charge in [0.2, 0.25) is 0 Å². The fourth-order valence-electron chi connectivity index (χ4n) is 3.00. The van der Waals surface area contributed by atoms with Crippen molar-refractivity contribution in [2.45, 2.75) is 59.7 Å². The summed E-state index contributed by atoms with van der Waals surface area (Å²) in [6, 6.07) is 2.97. The third kappa shape index (κ3) is 4.75. The molecule has 0 aliphatic carbocycles. The fraction of sp³-hybridized carbons (Fsp3) is 0.765. The summed E-state index contributed by atoms with van der Waals surface area (Å²) in [4.78, 5) is 11.4. The number of piperazine rings is 1. The third-order valence-corrected chi connectivity index (χ3v) is 4.29. The lowest BCUT2D eigenvalue weighted by Gasteiger charge is -2.45. The molecule has 2 rings (SSSR count). The van der Waals surface area contributed by atoms with Crippen LogP contribution in [0.2, 0.25) is 0 Å². The average Bonchev–Trinajstić information content (AvgIpc) is 2.40. The van der Waals surface area contributed by atoms with E-state index in [1.807, 2.05) is 18.5 Å². The van der Waals surface area contributed by atoms with E-state index in [1.165, 1.54) is 6.42 Å². The molecule has 0 spiro atoms. The minimum absolute atomic E-state index is 0.276. The van der Waals surface area contributed by atoms with Gasteiger partial charge in [0.1, 0.15) is 5.82 Å². The van der Waals surface area contributed by atoms with E-state index >= 15 is 0 Å². The highest BCUT2D eigenvalue weighted by Gasteiger charge is 2.34. The van der Waals surface area contributed by atoms with Crippen LogP contribution in [0.4, 0.5) is 0 Å². The van der Waals surface area contributed by atoms with Gasteiger partial charge in [-0.05, 0) is 23.8 Å². The predicted molar refractivity (Wildman–Crippen MR) is 86.9 cm³/mol. The highest BCUT2D eigenvalue weighted by atomic mass is 15.2. The van der Waals surface area contributed by atoms with Crippen LogP contribution in [-0.4, -0.2) is 40.0 Å². The Hall–Kier alpha value is -1.00. The van der Waals surface area contributed by atoms with Crippen molar-refractivity contribution in [1.82, 2.24) is 20.2 Å². The summed E-state index contributed by atoms with van der Waals surface area (Å²) in [5, 5.41) is 3.75. The second kappa shape index (κ2) is 6.84. The molecule has 21 heavy (non-hydrogen) atoms. The zero-order chi connectivity index (χ0) is 15.5. The Kier molecular flexibility index (Phi) is 5.33. The zero-order valence-electron chi connectivity index (χ0n) is 14.1. The van der Waals surface area contributed by atoms with Crippen LogP contribution in [0.25, 0.3) is 0 Å². The Morgan fingerprint density at radius 3 is 2.52 bits per heavy atom. The van der Waals surface area contributed by atoms with Crippen LogP contribution in [0.5, 0.6) is 0 Å². The number of rotatable bonds is 4. The molecule has 1 N–H and O–H groups in total. The molecule has 118 valence electrons. The standard InChI is InChI=1S/C17H30N4/c1-13(2)9-14-10-20-15(17(3,4)5)11-21(14)12-16-18-7-6-8-19-16/h6-8,13-15,20H,9-12H2,1-5H3. The Morgan fingerprint density at radius 2 is 1.95 bits per heavy atom. The molecule has 1 aromatic rings. The molecule has 4 nitrogen and oxygen atoms in total. The molecule has 1 fully saturated rings. The number of hydrogen-bond donors (Lipinski definition) is 1. The van der Waals surface area contributed by atoms with Crippen molar-refractivity contribution >= 4 is 0 Å². The molecular weight excluding hydrogens is 260 g/mol. The van der Waals surface area contributed by atoms with E-state index < -0.39 is 0 Å². The Balaban J connectivity index is 2.09. The van der Waals surface area contributed by atoms with Crippen molar-refractivity contribution in [1.29, 1.82) is 0 Å². The minimum atomic E-state index is 0.276. The second-order valence-corrected chi connectivity index (χ2v) is 7.70. The number of aromatic nitrogens is 2. The van der Waals surface area contributed by atoms with E-state index in [0.717, 1.165) is 25.5 Å². The van der Waals surface area contributed by atoms with Gasteiger partial charge in [-0.2, -0.15) is 0 Å². The SMILES string of the molecule is CC(C)CC1CNC(C(C)(C)C)CN1Cc1ncccn1. The van der Waals surface area contributed by atoms with Crippen LogP contribution in [0.1, 0.15) is 46.9 Å². The molecular formula is C17H30N4. The molecule has 1 saturated heterocycles. The van der Waals surface area contributed by atoms with Crippen molar-refractivity contribution in [2.75, 3.05) is 13.1 Å². The molecule has 0 bridgehead atoms. The van der Waals surface area contributed by atoms with E-state index in [-0.39, 0.29) is 5.41 Å². The largest absolute Gasteiger partial charge is 0.311 e. The van der Waals surface area contributed by atoms with Crippen molar-refractivity contribution < 1.29 is 0 Å². The van der Waals surface area contributed by atoms with Crippen LogP contribution < -0.4 is 5.32 Å². The second-order valence-electron chi connectivity index (χ2n) is 7.70. The van der Waals surface area contributed by atoms with E-state index in [9.17, 15) is 0 Å². The zero-order valence-corrected chi connectivity index (χ0v) is 14.1. The Labute approximate surface area is 129 Å². The number of nitrogens with zero attached hydrogens (tertiary/aromatic N) is 3. The van der Waals surface area contributed by atoms with Gasteiger partial charge in [0.25, 0.3) is 0 Å². The highest BCUT2D eigenvalue weighted by molar-refractivity contribution is 4.95. The molecule has 1 aliphatic heterocycles. The van der Waals surface area contributed by atoms with Crippen molar-refractivity contribution in [3.8, 4) is 0 Å². The van der Waals surface area contributed by atoms with Crippen LogP contribution in [0.15, 0.2) is 18.5 Å². The average molecular weight is 290 g/mol. The van der Waals surface area contributed by atoms with Gasteiger partial charge in [-0.1, -0.05) is 34.6 Å². The van der Waals surface area contributed by atoms with Crippen LogP contribution in [-0.2, 0) is 6.54 Å². The van der Waals surface area contributed by atoms with E-state index in [4.69, 9.17) is 0 Å². The van der Waals surface area contributed by atoms with E-state index in [2.05, 4.69) is 54.8 Å². The Morgan fingerprint density at radius 1 is 1.29 bits per heavy atom. The summed E-state index contributed by atoms with van der Waals surface area (Å²) in [7, 11) is 0. The minimum Gasteiger partial charge on any atom is -0.311 e. The van der Waals surface area contributed by atoms with Gasteiger partial charge in [0.05, 0.1) is 6.54 Å². The van der Waals surface area contributed by atoms with Gasteiger partial charge in [-0.3, -0.25) is 4.90 Å². The molecule has 2 atom stereocenters. The normalized spacial score (nSPS) is 24.5. The first-order valence-corrected chi connectivity index (χ1v) is 8.09. The van der Waals surface area contributed by atoms with E-state index in [0.29, 0.717) is 18.0 Å². The maximum atomic E-state index is 4.40. The summed E-state index contributed by atoms with van der Waals surface area (Å²) >= 11 is 0. The maximum absolute atomic E-state index is 4.40. The van der Waals surface area contributed by atoms with Gasteiger partial charge in [-0.25, -0.2) is 9.97 Å². The van der Waals surface area contributed by atoms with Crippen LogP contribution >= 0.6 is 0 Å². The molecule has 2 unspecified atom stereocenters. The topological polar surface area (TPSA) is 41.0 Å². The molecule has 1 aliphatic rings. The lowest BCUT2D eigenvalue weighted by molar-refractivity contribution is 0.0670. The van der Waals surface area contributed by atoms with E-state index in [1.54, 1.807) is 0 Å². The summed E-state index contributed by atoms with van der Waals surface area (Å²) in [6.07, 6.45) is 4.89. The quantitative estimate of drug-likeness (QED) is 0.925. The lowest BCUT2D eigenvalue weighted by atomic mass is 9.84. The van der Waals surface area contributed by atoms with Gasteiger partial charge in [0.15, 0.2) is 0 Å². The Bertz CT molecular complexity index is 424. The first-order valence-electron chi connectivity index (χ1n) is 8.09. The number of hydrogen-bond acceptors (Lipinski definition) is 4. The van der Waals surface area contributed by atoms with Gasteiger partial charge in [-0.15, -0.1) is 0 Å². The maximum Gasteiger partial charge on any atom is 0.142 e. The molecule has 1 aromatic heterocycles. The first-order chi connectivity index (χ1) is 9.86. The molecule has 0 saturated carbocycles.